The van der Waals surface area contributed by atoms with Gasteiger partial charge in [0, 0.05) is 28.6 Å². The Morgan fingerprint density at radius 1 is 1.38 bits per heavy atom. The van der Waals surface area contributed by atoms with Crippen LogP contribution in [0.15, 0.2) is 14.3 Å². The van der Waals surface area contributed by atoms with Crippen LogP contribution in [0.25, 0.3) is 0 Å². The summed E-state index contributed by atoms with van der Waals surface area (Å²) in [5.74, 6) is 0.566. The third-order valence-corrected chi connectivity index (χ3v) is 6.12. The van der Waals surface area contributed by atoms with E-state index in [0.717, 1.165) is 34.3 Å². The summed E-state index contributed by atoms with van der Waals surface area (Å²) in [6, 6.07) is 2.27. The minimum atomic E-state index is 0. The van der Waals surface area contributed by atoms with Gasteiger partial charge in [0.05, 0.1) is 3.79 Å². The quantitative estimate of drug-likeness (QED) is 0.823. The molecule has 0 radical (unpaired) electrons. The van der Waals surface area contributed by atoms with Gasteiger partial charge in [0.2, 0.25) is 0 Å². The fraction of sp³-hybridized carbons (Fsp3) is 0.600. The summed E-state index contributed by atoms with van der Waals surface area (Å²) in [6.07, 6.45) is 2.16. The molecule has 1 aliphatic heterocycles. The van der Waals surface area contributed by atoms with E-state index in [1.807, 2.05) is 0 Å². The SMILES string of the molecule is Cl.N[C@H](c1cc(Br)c(Br)s1)C1CCOCC1. The summed E-state index contributed by atoms with van der Waals surface area (Å²) in [5, 5.41) is 0. The van der Waals surface area contributed by atoms with Crippen LogP contribution in [-0.4, -0.2) is 13.2 Å². The van der Waals surface area contributed by atoms with E-state index < -0.39 is 0 Å². The monoisotopic (exact) mass is 389 g/mol. The van der Waals surface area contributed by atoms with E-state index >= 15 is 0 Å². The maximum atomic E-state index is 6.27. The minimum Gasteiger partial charge on any atom is -0.381 e. The first kappa shape index (κ1) is 14.9. The summed E-state index contributed by atoms with van der Waals surface area (Å²) >= 11 is 8.71. The standard InChI is InChI=1S/C10H13Br2NOS.ClH/c11-7-5-8(15-10(7)12)9(13)6-1-3-14-4-2-6;/h5-6,9H,1-4,13H2;1H/t9-;/m0./s1. The normalized spacial score (nSPS) is 19.2. The fourth-order valence-electron chi connectivity index (χ4n) is 1.83. The predicted molar refractivity (Wildman–Crippen MR) is 77.4 cm³/mol. The minimum absolute atomic E-state index is 0. The molecule has 2 heterocycles. The molecule has 1 aliphatic rings. The summed E-state index contributed by atoms with van der Waals surface area (Å²) in [5.41, 5.74) is 6.27. The maximum Gasteiger partial charge on any atom is 0.0843 e. The van der Waals surface area contributed by atoms with Gasteiger partial charge >= 0.3 is 0 Å². The van der Waals surface area contributed by atoms with Gasteiger partial charge in [0.1, 0.15) is 0 Å². The van der Waals surface area contributed by atoms with E-state index in [0.29, 0.717) is 5.92 Å². The van der Waals surface area contributed by atoms with Crippen LogP contribution in [0.2, 0.25) is 0 Å². The molecule has 0 amide bonds. The van der Waals surface area contributed by atoms with E-state index in [1.54, 1.807) is 11.3 Å². The van der Waals surface area contributed by atoms with Gasteiger partial charge in [-0.15, -0.1) is 23.7 Å². The van der Waals surface area contributed by atoms with E-state index in [2.05, 4.69) is 37.9 Å². The first-order valence-electron chi connectivity index (χ1n) is 4.96. The molecule has 0 spiro atoms. The van der Waals surface area contributed by atoms with Gasteiger partial charge in [-0.25, -0.2) is 0 Å². The number of halogens is 3. The Balaban J connectivity index is 0.00000128. The van der Waals surface area contributed by atoms with E-state index in [-0.39, 0.29) is 18.4 Å². The Morgan fingerprint density at radius 3 is 2.50 bits per heavy atom. The van der Waals surface area contributed by atoms with Crippen molar-refractivity contribution in [3.63, 3.8) is 0 Å². The zero-order valence-electron chi connectivity index (χ0n) is 8.62. The van der Waals surface area contributed by atoms with Gasteiger partial charge in [0.25, 0.3) is 0 Å². The highest BCUT2D eigenvalue weighted by Crippen LogP contribution is 2.38. The second-order valence-corrected chi connectivity index (χ2v) is 7.00. The van der Waals surface area contributed by atoms with E-state index in [1.165, 1.54) is 4.88 Å². The van der Waals surface area contributed by atoms with Crippen molar-refractivity contribution in [2.24, 2.45) is 11.7 Å². The number of ether oxygens (including phenoxy) is 1. The van der Waals surface area contributed by atoms with Crippen LogP contribution in [0.5, 0.6) is 0 Å². The molecule has 0 saturated carbocycles. The van der Waals surface area contributed by atoms with Gasteiger partial charge < -0.3 is 10.5 Å². The van der Waals surface area contributed by atoms with Crippen LogP contribution in [0, 0.1) is 5.92 Å². The highest BCUT2D eigenvalue weighted by Gasteiger charge is 2.24. The van der Waals surface area contributed by atoms with Crippen LogP contribution in [0.4, 0.5) is 0 Å². The average Bonchev–Trinajstić information content (AvgIpc) is 2.59. The van der Waals surface area contributed by atoms with Crippen molar-refractivity contribution in [2.45, 2.75) is 18.9 Å². The Labute approximate surface area is 123 Å². The molecule has 0 unspecified atom stereocenters. The molecule has 1 fully saturated rings. The summed E-state index contributed by atoms with van der Waals surface area (Å²) in [7, 11) is 0. The molecule has 16 heavy (non-hydrogen) atoms. The van der Waals surface area contributed by atoms with Crippen molar-refractivity contribution in [1.82, 2.24) is 0 Å². The molecule has 92 valence electrons. The Bertz CT molecular complexity index is 322. The molecular weight excluding hydrogens is 377 g/mol. The van der Waals surface area contributed by atoms with Crippen LogP contribution in [-0.2, 0) is 4.74 Å². The van der Waals surface area contributed by atoms with Crippen molar-refractivity contribution in [3.8, 4) is 0 Å². The van der Waals surface area contributed by atoms with Crippen molar-refractivity contribution in [2.75, 3.05) is 13.2 Å². The lowest BCUT2D eigenvalue weighted by molar-refractivity contribution is 0.0587. The van der Waals surface area contributed by atoms with Crippen molar-refractivity contribution >= 4 is 55.6 Å². The largest absolute Gasteiger partial charge is 0.381 e. The molecule has 2 rings (SSSR count). The zero-order chi connectivity index (χ0) is 10.8. The number of thiophene rings is 1. The smallest absolute Gasteiger partial charge is 0.0843 e. The maximum absolute atomic E-state index is 6.27. The third-order valence-electron chi connectivity index (χ3n) is 2.77. The zero-order valence-corrected chi connectivity index (χ0v) is 13.4. The molecule has 0 aliphatic carbocycles. The molecule has 2 N–H and O–H groups in total. The summed E-state index contributed by atoms with van der Waals surface area (Å²) < 4.78 is 7.57. The highest BCUT2D eigenvalue weighted by molar-refractivity contribution is 9.13. The number of hydrogen-bond acceptors (Lipinski definition) is 3. The van der Waals surface area contributed by atoms with Gasteiger partial charge in [-0.1, -0.05) is 0 Å². The second-order valence-electron chi connectivity index (χ2n) is 3.75. The number of hydrogen-bond donors (Lipinski definition) is 1. The lowest BCUT2D eigenvalue weighted by Gasteiger charge is -2.26. The molecule has 1 aromatic rings. The first-order valence-corrected chi connectivity index (χ1v) is 7.37. The van der Waals surface area contributed by atoms with Crippen LogP contribution in [0.1, 0.15) is 23.8 Å². The lowest BCUT2D eigenvalue weighted by Crippen LogP contribution is -2.26. The third kappa shape index (κ3) is 3.43. The Hall–Kier alpha value is 0.870. The lowest BCUT2D eigenvalue weighted by atomic mass is 9.91. The average molecular weight is 392 g/mol. The Kier molecular flexibility index (Phi) is 6.26. The van der Waals surface area contributed by atoms with E-state index in [4.69, 9.17) is 10.5 Å². The van der Waals surface area contributed by atoms with Gasteiger partial charge in [-0.05, 0) is 56.7 Å². The van der Waals surface area contributed by atoms with Gasteiger partial charge in [-0.2, -0.15) is 0 Å². The summed E-state index contributed by atoms with van der Waals surface area (Å²) in [4.78, 5) is 1.25. The molecule has 2 nitrogen and oxygen atoms in total. The molecule has 0 aromatic carbocycles. The van der Waals surface area contributed by atoms with Gasteiger partial charge in [0.15, 0.2) is 0 Å². The number of rotatable bonds is 2. The van der Waals surface area contributed by atoms with Crippen molar-refractivity contribution < 1.29 is 4.74 Å². The second kappa shape index (κ2) is 6.71. The topological polar surface area (TPSA) is 35.2 Å². The molecule has 1 atom stereocenters. The highest BCUT2D eigenvalue weighted by atomic mass is 79.9. The first-order chi connectivity index (χ1) is 7.18. The predicted octanol–water partition coefficient (Wildman–Crippen LogP) is 4.12. The van der Waals surface area contributed by atoms with Crippen LogP contribution < -0.4 is 5.73 Å². The van der Waals surface area contributed by atoms with Crippen molar-refractivity contribution in [1.29, 1.82) is 0 Å². The molecule has 6 heteroatoms. The Morgan fingerprint density at radius 2 is 2.00 bits per heavy atom. The van der Waals surface area contributed by atoms with Gasteiger partial charge in [-0.3, -0.25) is 0 Å². The molecule has 1 saturated heterocycles. The number of nitrogens with two attached hydrogens (primary N) is 1. The molecular formula is C10H14Br2ClNOS. The van der Waals surface area contributed by atoms with Crippen LogP contribution in [0.3, 0.4) is 0 Å². The summed E-state index contributed by atoms with van der Waals surface area (Å²) in [6.45, 7) is 1.71. The van der Waals surface area contributed by atoms with E-state index in [9.17, 15) is 0 Å². The van der Waals surface area contributed by atoms with Crippen molar-refractivity contribution in [3.05, 3.63) is 19.2 Å². The fourth-order valence-corrected chi connectivity index (χ4v) is 4.02. The molecule has 0 bridgehead atoms. The van der Waals surface area contributed by atoms with Crippen LogP contribution >= 0.6 is 55.6 Å². The molecule has 1 aromatic heterocycles.